The number of amides is 1. The lowest BCUT2D eigenvalue weighted by Gasteiger charge is -2.13. The summed E-state index contributed by atoms with van der Waals surface area (Å²) in [6.45, 7) is 6.98. The minimum absolute atomic E-state index is 0.0802. The van der Waals surface area contributed by atoms with Crippen LogP contribution in [0.3, 0.4) is 0 Å². The van der Waals surface area contributed by atoms with E-state index >= 15 is 0 Å². The van der Waals surface area contributed by atoms with Crippen molar-refractivity contribution in [2.24, 2.45) is 5.92 Å². The standard InChI is InChI=1S/C14H20N2O3/c1-4-15-8-10(3)13(17)16-11-5-6-12(14(18)19)9(2)7-11/h5-7,10,15H,4,8H2,1-3H3,(H,16,17)(H,18,19). The van der Waals surface area contributed by atoms with Gasteiger partial charge in [-0.1, -0.05) is 13.8 Å². The zero-order valence-electron chi connectivity index (χ0n) is 11.5. The van der Waals surface area contributed by atoms with Gasteiger partial charge in [0, 0.05) is 18.2 Å². The lowest BCUT2D eigenvalue weighted by Crippen LogP contribution is -2.30. The van der Waals surface area contributed by atoms with Crippen molar-refractivity contribution in [3.05, 3.63) is 29.3 Å². The van der Waals surface area contributed by atoms with Gasteiger partial charge >= 0.3 is 5.97 Å². The van der Waals surface area contributed by atoms with E-state index < -0.39 is 5.97 Å². The van der Waals surface area contributed by atoms with Crippen LogP contribution in [0.4, 0.5) is 5.69 Å². The van der Waals surface area contributed by atoms with Crippen LogP contribution in [0.1, 0.15) is 29.8 Å². The minimum atomic E-state index is -0.962. The van der Waals surface area contributed by atoms with Gasteiger partial charge < -0.3 is 15.7 Å². The van der Waals surface area contributed by atoms with E-state index in [1.54, 1.807) is 19.1 Å². The quantitative estimate of drug-likeness (QED) is 0.733. The molecular formula is C14H20N2O3. The zero-order chi connectivity index (χ0) is 14.4. The number of nitrogens with one attached hydrogen (secondary N) is 2. The molecule has 5 nitrogen and oxygen atoms in total. The Morgan fingerprint density at radius 1 is 1.37 bits per heavy atom. The molecule has 1 aromatic carbocycles. The van der Waals surface area contributed by atoms with Gasteiger partial charge in [-0.05, 0) is 37.2 Å². The van der Waals surface area contributed by atoms with Crippen molar-refractivity contribution in [3.8, 4) is 0 Å². The molecule has 0 aromatic heterocycles. The molecule has 0 aliphatic rings. The fourth-order valence-electron chi connectivity index (χ4n) is 1.70. The number of aromatic carboxylic acids is 1. The summed E-state index contributed by atoms with van der Waals surface area (Å²) in [4.78, 5) is 22.8. The van der Waals surface area contributed by atoms with Gasteiger partial charge in [-0.15, -0.1) is 0 Å². The number of hydrogen-bond acceptors (Lipinski definition) is 3. The Kier molecular flexibility index (Phi) is 5.51. The van der Waals surface area contributed by atoms with Crippen molar-refractivity contribution in [2.75, 3.05) is 18.4 Å². The van der Waals surface area contributed by atoms with E-state index in [1.807, 2.05) is 13.8 Å². The Balaban J connectivity index is 2.70. The number of carbonyl (C=O) groups is 2. The van der Waals surface area contributed by atoms with Gasteiger partial charge in [0.2, 0.25) is 5.91 Å². The summed E-state index contributed by atoms with van der Waals surface area (Å²) in [6.07, 6.45) is 0. The van der Waals surface area contributed by atoms with Gasteiger partial charge in [-0.25, -0.2) is 4.79 Å². The molecule has 0 saturated heterocycles. The number of carboxylic acid groups (broad SMARTS) is 1. The van der Waals surface area contributed by atoms with Crippen LogP contribution in [-0.4, -0.2) is 30.1 Å². The molecule has 0 heterocycles. The summed E-state index contributed by atoms with van der Waals surface area (Å²) < 4.78 is 0. The third-order valence-electron chi connectivity index (χ3n) is 2.87. The zero-order valence-corrected chi connectivity index (χ0v) is 11.5. The maximum Gasteiger partial charge on any atom is 0.335 e. The minimum Gasteiger partial charge on any atom is -0.478 e. The average molecular weight is 264 g/mol. The lowest BCUT2D eigenvalue weighted by atomic mass is 10.1. The summed E-state index contributed by atoms with van der Waals surface area (Å²) in [7, 11) is 0. The first kappa shape index (κ1) is 15.2. The van der Waals surface area contributed by atoms with Gasteiger partial charge in [0.1, 0.15) is 0 Å². The van der Waals surface area contributed by atoms with Gasteiger partial charge in [-0.2, -0.15) is 0 Å². The fraction of sp³-hybridized carbons (Fsp3) is 0.429. The number of benzene rings is 1. The van der Waals surface area contributed by atoms with E-state index in [0.29, 0.717) is 17.8 Å². The van der Waals surface area contributed by atoms with Gasteiger partial charge in [-0.3, -0.25) is 4.79 Å². The molecule has 0 aliphatic heterocycles. The second-order valence-electron chi connectivity index (χ2n) is 4.53. The van der Waals surface area contributed by atoms with Gasteiger partial charge in [0.25, 0.3) is 0 Å². The van der Waals surface area contributed by atoms with Crippen molar-refractivity contribution in [1.82, 2.24) is 5.32 Å². The summed E-state index contributed by atoms with van der Waals surface area (Å²) in [5.74, 6) is -1.18. The largest absolute Gasteiger partial charge is 0.478 e. The normalized spacial score (nSPS) is 11.9. The maximum atomic E-state index is 11.9. The number of rotatable bonds is 6. The molecule has 0 bridgehead atoms. The SMILES string of the molecule is CCNCC(C)C(=O)Nc1ccc(C(=O)O)c(C)c1. The number of hydrogen-bond donors (Lipinski definition) is 3. The van der Waals surface area contributed by atoms with Crippen LogP contribution in [0.2, 0.25) is 0 Å². The van der Waals surface area contributed by atoms with E-state index in [1.165, 1.54) is 6.07 Å². The number of aryl methyl sites for hydroxylation is 1. The number of carbonyl (C=O) groups excluding carboxylic acids is 1. The molecule has 1 unspecified atom stereocenters. The fourth-order valence-corrected chi connectivity index (χ4v) is 1.70. The van der Waals surface area contributed by atoms with E-state index in [9.17, 15) is 9.59 Å². The molecule has 0 spiro atoms. The monoisotopic (exact) mass is 264 g/mol. The van der Waals surface area contributed by atoms with Crippen molar-refractivity contribution >= 4 is 17.6 Å². The molecule has 1 aromatic rings. The van der Waals surface area contributed by atoms with Crippen LogP contribution in [-0.2, 0) is 4.79 Å². The highest BCUT2D eigenvalue weighted by Crippen LogP contribution is 2.16. The highest BCUT2D eigenvalue weighted by molar-refractivity contribution is 5.94. The third-order valence-corrected chi connectivity index (χ3v) is 2.87. The summed E-state index contributed by atoms with van der Waals surface area (Å²) in [5.41, 5.74) is 1.50. The molecular weight excluding hydrogens is 244 g/mol. The first-order chi connectivity index (χ1) is 8.95. The smallest absolute Gasteiger partial charge is 0.335 e. The van der Waals surface area contributed by atoms with Crippen molar-refractivity contribution < 1.29 is 14.7 Å². The van der Waals surface area contributed by atoms with Crippen LogP contribution >= 0.6 is 0 Å². The molecule has 0 saturated carbocycles. The number of anilines is 1. The maximum absolute atomic E-state index is 11.9. The molecule has 3 N–H and O–H groups in total. The van der Waals surface area contributed by atoms with Gasteiger partial charge in [0.05, 0.1) is 5.56 Å². The summed E-state index contributed by atoms with van der Waals surface area (Å²) >= 11 is 0. The highest BCUT2D eigenvalue weighted by atomic mass is 16.4. The Bertz CT molecular complexity index is 472. The average Bonchev–Trinajstić information content (AvgIpc) is 2.35. The summed E-state index contributed by atoms with van der Waals surface area (Å²) in [6, 6.07) is 4.78. The third kappa shape index (κ3) is 4.37. The second-order valence-corrected chi connectivity index (χ2v) is 4.53. The molecule has 1 amide bonds. The van der Waals surface area contributed by atoms with Crippen LogP contribution in [0.5, 0.6) is 0 Å². The molecule has 1 rings (SSSR count). The Labute approximate surface area is 113 Å². The van der Waals surface area contributed by atoms with E-state index in [0.717, 1.165) is 6.54 Å². The predicted molar refractivity (Wildman–Crippen MR) is 74.5 cm³/mol. The van der Waals surface area contributed by atoms with E-state index in [-0.39, 0.29) is 17.4 Å². The molecule has 0 radical (unpaired) electrons. The Morgan fingerprint density at radius 2 is 2.05 bits per heavy atom. The van der Waals surface area contributed by atoms with Crippen LogP contribution < -0.4 is 10.6 Å². The van der Waals surface area contributed by atoms with Crippen molar-refractivity contribution in [3.63, 3.8) is 0 Å². The molecule has 0 aliphatic carbocycles. The molecule has 104 valence electrons. The second kappa shape index (κ2) is 6.89. The van der Waals surface area contributed by atoms with Crippen molar-refractivity contribution in [2.45, 2.75) is 20.8 Å². The van der Waals surface area contributed by atoms with Crippen LogP contribution in [0.25, 0.3) is 0 Å². The Morgan fingerprint density at radius 3 is 2.58 bits per heavy atom. The van der Waals surface area contributed by atoms with Gasteiger partial charge in [0.15, 0.2) is 0 Å². The molecule has 5 heteroatoms. The lowest BCUT2D eigenvalue weighted by molar-refractivity contribution is -0.119. The Hall–Kier alpha value is -1.88. The first-order valence-electron chi connectivity index (χ1n) is 6.31. The van der Waals surface area contributed by atoms with E-state index in [4.69, 9.17) is 5.11 Å². The molecule has 1 atom stereocenters. The molecule has 19 heavy (non-hydrogen) atoms. The van der Waals surface area contributed by atoms with E-state index in [2.05, 4.69) is 10.6 Å². The predicted octanol–water partition coefficient (Wildman–Crippen LogP) is 1.88. The topological polar surface area (TPSA) is 78.4 Å². The van der Waals surface area contributed by atoms with Crippen LogP contribution in [0, 0.1) is 12.8 Å². The van der Waals surface area contributed by atoms with Crippen LogP contribution in [0.15, 0.2) is 18.2 Å². The summed E-state index contributed by atoms with van der Waals surface area (Å²) in [5, 5.41) is 14.8. The first-order valence-corrected chi connectivity index (χ1v) is 6.31. The molecule has 0 fully saturated rings. The highest BCUT2D eigenvalue weighted by Gasteiger charge is 2.13. The number of carboxylic acids is 1. The van der Waals surface area contributed by atoms with Crippen molar-refractivity contribution in [1.29, 1.82) is 0 Å².